The summed E-state index contributed by atoms with van der Waals surface area (Å²) in [6.45, 7) is 18.6. The molecule has 9 atom stereocenters. The third kappa shape index (κ3) is 9.39. The molecule has 2 N–H and O–H groups in total. The van der Waals surface area contributed by atoms with E-state index in [1.54, 1.807) is 5.57 Å². The molecule has 4 aliphatic rings. The first-order valence-corrected chi connectivity index (χ1v) is 19.0. The van der Waals surface area contributed by atoms with E-state index >= 15 is 0 Å². The minimum atomic E-state index is -0.0911. The van der Waals surface area contributed by atoms with Gasteiger partial charge in [0.2, 0.25) is 0 Å². The van der Waals surface area contributed by atoms with Gasteiger partial charge in [0, 0.05) is 19.5 Å². The van der Waals surface area contributed by atoms with E-state index in [0.29, 0.717) is 10.8 Å². The van der Waals surface area contributed by atoms with Crippen LogP contribution in [-0.4, -0.2) is 57.4 Å². The van der Waals surface area contributed by atoms with Crippen molar-refractivity contribution < 1.29 is 9.53 Å². The number of halogens is 2. The van der Waals surface area contributed by atoms with Crippen molar-refractivity contribution in [2.75, 3.05) is 40.3 Å². The molecule has 7 heteroatoms. The predicted octanol–water partition coefficient (Wildman–Crippen LogP) is 9.92. The molecular formula is C39H73Cl2N3O2. The van der Waals surface area contributed by atoms with Crippen LogP contribution in [0.4, 0.5) is 4.79 Å². The average molecular weight is 687 g/mol. The van der Waals surface area contributed by atoms with Gasteiger partial charge in [0.1, 0.15) is 6.10 Å². The fourth-order valence-corrected chi connectivity index (χ4v) is 11.0. The topological polar surface area (TPSA) is 53.6 Å². The number of carbonyl (C=O) groups excluding carboxylic acids is 1. The van der Waals surface area contributed by atoms with E-state index in [1.807, 2.05) is 19.0 Å². The first-order chi connectivity index (χ1) is 21.1. The van der Waals surface area contributed by atoms with Crippen LogP contribution in [-0.2, 0) is 4.74 Å². The summed E-state index contributed by atoms with van der Waals surface area (Å²) in [5, 5.41) is 6.44. The first-order valence-electron chi connectivity index (χ1n) is 19.0. The standard InChI is InChI=1S/C39H71N3O2.2ClH/c1-9-30(28(2)3)14-13-29(4)34-17-18-35-33-16-15-31-27-32(19-21-38(31,5)36(33)20-22-39(34,35)6)44-37(43)42(26-12-24-41-8)25-11-10-23-40-7;;/h15,28-30,32-36,40-41H,9-14,16-27H2,1-8H3;2*1H/t29-,30-,32+,33+,34-,35+,36+,38+,39-;;/m1../s1. The second kappa shape index (κ2) is 19.0. The van der Waals surface area contributed by atoms with Crippen LogP contribution in [0.3, 0.4) is 0 Å². The number of allylic oxidation sites excluding steroid dienone is 1. The maximum absolute atomic E-state index is 13.4. The average Bonchev–Trinajstić information content (AvgIpc) is 3.36. The van der Waals surface area contributed by atoms with Crippen molar-refractivity contribution in [1.29, 1.82) is 0 Å². The van der Waals surface area contributed by atoms with Gasteiger partial charge >= 0.3 is 6.09 Å². The molecule has 0 saturated heterocycles. The Morgan fingerprint density at radius 3 is 2.30 bits per heavy atom. The number of unbranched alkanes of at least 4 members (excludes halogenated alkanes) is 1. The molecule has 0 bridgehead atoms. The maximum Gasteiger partial charge on any atom is 0.410 e. The molecule has 270 valence electrons. The minimum absolute atomic E-state index is 0. The van der Waals surface area contributed by atoms with Crippen molar-refractivity contribution in [1.82, 2.24) is 15.5 Å². The van der Waals surface area contributed by atoms with Crippen molar-refractivity contribution >= 4 is 30.9 Å². The van der Waals surface area contributed by atoms with Crippen LogP contribution in [0.25, 0.3) is 0 Å². The number of hydrogen-bond acceptors (Lipinski definition) is 4. The van der Waals surface area contributed by atoms with Gasteiger partial charge in [0.15, 0.2) is 0 Å². The maximum atomic E-state index is 13.4. The van der Waals surface area contributed by atoms with Gasteiger partial charge in [-0.3, -0.25) is 0 Å². The van der Waals surface area contributed by atoms with Crippen LogP contribution in [0.5, 0.6) is 0 Å². The molecular weight excluding hydrogens is 613 g/mol. The number of amides is 1. The number of nitrogens with zero attached hydrogens (tertiary/aromatic N) is 1. The number of nitrogens with one attached hydrogen (secondary N) is 2. The molecule has 4 rings (SSSR count). The van der Waals surface area contributed by atoms with Crippen molar-refractivity contribution in [3.63, 3.8) is 0 Å². The molecule has 0 heterocycles. The fraction of sp³-hybridized carbons (Fsp3) is 0.923. The molecule has 0 radical (unpaired) electrons. The molecule has 3 fully saturated rings. The van der Waals surface area contributed by atoms with Crippen LogP contribution < -0.4 is 10.6 Å². The number of hydrogen-bond donors (Lipinski definition) is 2. The van der Waals surface area contributed by atoms with Crippen molar-refractivity contribution in [3.05, 3.63) is 11.6 Å². The van der Waals surface area contributed by atoms with E-state index < -0.39 is 0 Å². The Morgan fingerprint density at radius 2 is 1.63 bits per heavy atom. The molecule has 0 unspecified atom stereocenters. The second-order valence-electron chi connectivity index (χ2n) is 16.5. The summed E-state index contributed by atoms with van der Waals surface area (Å²) in [6, 6.07) is 0. The van der Waals surface area contributed by atoms with Crippen LogP contribution in [0.1, 0.15) is 131 Å². The van der Waals surface area contributed by atoms with E-state index in [-0.39, 0.29) is 37.0 Å². The van der Waals surface area contributed by atoms with Gasteiger partial charge in [-0.1, -0.05) is 66.0 Å². The summed E-state index contributed by atoms with van der Waals surface area (Å²) < 4.78 is 6.27. The molecule has 5 nitrogen and oxygen atoms in total. The van der Waals surface area contributed by atoms with Crippen molar-refractivity contribution in [2.24, 2.45) is 52.3 Å². The molecule has 0 aliphatic heterocycles. The number of ether oxygens (including phenoxy) is 1. The Labute approximate surface area is 296 Å². The summed E-state index contributed by atoms with van der Waals surface area (Å²) in [4.78, 5) is 15.3. The largest absolute Gasteiger partial charge is 0.446 e. The molecule has 0 aromatic heterocycles. The monoisotopic (exact) mass is 686 g/mol. The molecule has 4 aliphatic carbocycles. The SMILES string of the molecule is CC[C@H](CC[C@@H](C)[C@H]1CC[C@H]2[C@@H]3CC=C4C[C@@H](OC(=O)N(CCCCNC)CCCNC)CC[C@]4(C)[C@H]3CC[C@]12C)C(C)C.Cl.Cl. The lowest BCUT2D eigenvalue weighted by atomic mass is 9.47. The van der Waals surface area contributed by atoms with Crippen LogP contribution >= 0.6 is 24.8 Å². The first kappa shape index (κ1) is 41.7. The summed E-state index contributed by atoms with van der Waals surface area (Å²) in [7, 11) is 3.97. The molecule has 3 saturated carbocycles. The summed E-state index contributed by atoms with van der Waals surface area (Å²) in [5.74, 6) is 6.00. The Bertz CT molecular complexity index is 946. The van der Waals surface area contributed by atoms with E-state index in [4.69, 9.17) is 4.74 Å². The zero-order valence-corrected chi connectivity index (χ0v) is 32.6. The minimum Gasteiger partial charge on any atom is -0.446 e. The highest BCUT2D eigenvalue weighted by Gasteiger charge is 2.59. The summed E-state index contributed by atoms with van der Waals surface area (Å²) >= 11 is 0. The van der Waals surface area contributed by atoms with Crippen LogP contribution in [0, 0.1) is 52.3 Å². The number of rotatable bonds is 16. The third-order valence-corrected chi connectivity index (χ3v) is 13.8. The quantitative estimate of drug-likeness (QED) is 0.125. The highest BCUT2D eigenvalue weighted by molar-refractivity contribution is 5.85. The van der Waals surface area contributed by atoms with Crippen molar-refractivity contribution in [3.8, 4) is 0 Å². The van der Waals surface area contributed by atoms with E-state index in [1.165, 1.54) is 57.8 Å². The van der Waals surface area contributed by atoms with Gasteiger partial charge in [0.05, 0.1) is 0 Å². The number of carbonyl (C=O) groups is 1. The fourth-order valence-electron chi connectivity index (χ4n) is 11.0. The highest BCUT2D eigenvalue weighted by atomic mass is 35.5. The lowest BCUT2D eigenvalue weighted by Gasteiger charge is -2.58. The molecule has 1 amide bonds. The van der Waals surface area contributed by atoms with Crippen molar-refractivity contribution in [2.45, 2.75) is 138 Å². The van der Waals surface area contributed by atoms with E-state index in [0.717, 1.165) is 99.7 Å². The zero-order chi connectivity index (χ0) is 31.9. The van der Waals surface area contributed by atoms with E-state index in [2.05, 4.69) is 58.3 Å². The Kier molecular flexibility index (Phi) is 17.3. The smallest absolute Gasteiger partial charge is 0.410 e. The van der Waals surface area contributed by atoms with E-state index in [9.17, 15) is 4.79 Å². The molecule has 0 spiro atoms. The second-order valence-corrected chi connectivity index (χ2v) is 16.5. The van der Waals surface area contributed by atoms with Crippen LogP contribution in [0.2, 0.25) is 0 Å². The third-order valence-electron chi connectivity index (χ3n) is 13.8. The zero-order valence-electron chi connectivity index (χ0n) is 31.0. The predicted molar refractivity (Wildman–Crippen MR) is 200 cm³/mol. The van der Waals surface area contributed by atoms with Gasteiger partial charge in [-0.25, -0.2) is 4.79 Å². The molecule has 0 aromatic carbocycles. The lowest BCUT2D eigenvalue weighted by molar-refractivity contribution is -0.0595. The highest BCUT2D eigenvalue weighted by Crippen LogP contribution is 2.67. The van der Waals surface area contributed by atoms with Gasteiger partial charge in [-0.15, -0.1) is 24.8 Å². The molecule has 46 heavy (non-hydrogen) atoms. The number of fused-ring (bicyclic) bond motifs is 5. The van der Waals surface area contributed by atoms with Gasteiger partial charge in [0.25, 0.3) is 0 Å². The normalized spacial score (nSPS) is 33.0. The lowest BCUT2D eigenvalue weighted by Crippen LogP contribution is -2.51. The summed E-state index contributed by atoms with van der Waals surface area (Å²) in [5.41, 5.74) is 2.44. The Hall–Kier alpha value is -0.490. The van der Waals surface area contributed by atoms with Crippen LogP contribution in [0.15, 0.2) is 11.6 Å². The van der Waals surface area contributed by atoms with Gasteiger partial charge in [-0.05, 0) is 150 Å². The van der Waals surface area contributed by atoms with Gasteiger partial charge < -0.3 is 20.3 Å². The Morgan fingerprint density at radius 1 is 0.935 bits per heavy atom. The Balaban J connectivity index is 0.00000368. The van der Waals surface area contributed by atoms with Gasteiger partial charge in [-0.2, -0.15) is 0 Å². The molecule has 0 aromatic rings. The summed E-state index contributed by atoms with van der Waals surface area (Å²) in [6.07, 6.45) is 19.9.